The Labute approximate surface area is 158 Å². The molecule has 0 saturated carbocycles. The highest BCUT2D eigenvalue weighted by atomic mass is 16.3. The van der Waals surface area contributed by atoms with Crippen molar-refractivity contribution in [3.63, 3.8) is 0 Å². The van der Waals surface area contributed by atoms with Gasteiger partial charge in [0.1, 0.15) is 5.58 Å². The molecule has 0 saturated heterocycles. The number of aryl methyl sites for hydroxylation is 1. The number of para-hydroxylation sites is 3. The first-order valence-electron chi connectivity index (χ1n) is 9.13. The fourth-order valence-corrected chi connectivity index (χ4v) is 3.68. The molecular weight excluding hydrogens is 330 g/mol. The topological polar surface area (TPSA) is 25.2 Å². The third kappa shape index (κ3) is 2.67. The van der Waals surface area contributed by atoms with E-state index in [0.29, 0.717) is 0 Å². The zero-order valence-corrected chi connectivity index (χ0v) is 15.1. The van der Waals surface area contributed by atoms with Crippen LogP contribution in [0.25, 0.3) is 33.1 Å². The SMILES string of the molecule is Cc1ccccc1-c1cccc2c1oc1c(Nc3ccccc3)cccc12. The minimum absolute atomic E-state index is 0.886. The molecule has 1 aromatic heterocycles. The standard InChI is InChI=1S/C25H19NO/c1-17-9-5-6-12-19(17)20-13-7-14-21-22-15-8-16-23(25(22)27-24(20)21)26-18-10-3-2-4-11-18/h2-16,26H,1H3. The van der Waals surface area contributed by atoms with Crippen LogP contribution in [0, 0.1) is 6.92 Å². The molecule has 1 N–H and O–H groups in total. The van der Waals surface area contributed by atoms with Crippen LogP contribution < -0.4 is 5.32 Å². The Hall–Kier alpha value is -3.52. The average Bonchev–Trinajstić information content (AvgIpc) is 3.09. The predicted octanol–water partition coefficient (Wildman–Crippen LogP) is 7.31. The maximum Gasteiger partial charge on any atom is 0.158 e. The van der Waals surface area contributed by atoms with Crippen molar-refractivity contribution < 1.29 is 4.42 Å². The van der Waals surface area contributed by atoms with Crippen molar-refractivity contribution in [2.24, 2.45) is 0 Å². The molecule has 0 aliphatic carbocycles. The van der Waals surface area contributed by atoms with Gasteiger partial charge in [0.25, 0.3) is 0 Å². The van der Waals surface area contributed by atoms with E-state index in [1.165, 1.54) is 11.1 Å². The maximum absolute atomic E-state index is 6.43. The summed E-state index contributed by atoms with van der Waals surface area (Å²) in [6, 6.07) is 31.2. The monoisotopic (exact) mass is 349 g/mol. The zero-order valence-electron chi connectivity index (χ0n) is 15.1. The molecule has 2 heteroatoms. The summed E-state index contributed by atoms with van der Waals surface area (Å²) in [5, 5.41) is 5.75. The summed E-state index contributed by atoms with van der Waals surface area (Å²) in [5.74, 6) is 0. The molecule has 0 aliphatic rings. The van der Waals surface area contributed by atoms with Gasteiger partial charge in [0.2, 0.25) is 0 Å². The minimum atomic E-state index is 0.886. The van der Waals surface area contributed by atoms with Gasteiger partial charge in [-0.2, -0.15) is 0 Å². The number of rotatable bonds is 3. The molecule has 0 aliphatic heterocycles. The van der Waals surface area contributed by atoms with Gasteiger partial charge in [0.05, 0.1) is 5.69 Å². The van der Waals surface area contributed by atoms with Gasteiger partial charge in [-0.3, -0.25) is 0 Å². The van der Waals surface area contributed by atoms with Crippen LogP contribution >= 0.6 is 0 Å². The molecule has 0 spiro atoms. The molecule has 4 aromatic carbocycles. The third-order valence-electron chi connectivity index (χ3n) is 5.01. The predicted molar refractivity (Wildman–Crippen MR) is 114 cm³/mol. The molecule has 0 amide bonds. The van der Waals surface area contributed by atoms with Crippen molar-refractivity contribution in [3.05, 3.63) is 96.6 Å². The normalized spacial score (nSPS) is 11.1. The number of hydrogen-bond donors (Lipinski definition) is 1. The second-order valence-electron chi connectivity index (χ2n) is 6.77. The zero-order chi connectivity index (χ0) is 18.2. The lowest BCUT2D eigenvalue weighted by Gasteiger charge is -2.06. The molecule has 0 radical (unpaired) electrons. The van der Waals surface area contributed by atoms with Gasteiger partial charge in [0, 0.05) is 22.0 Å². The van der Waals surface area contributed by atoms with Crippen LogP contribution in [0.3, 0.4) is 0 Å². The van der Waals surface area contributed by atoms with Crippen molar-refractivity contribution in [1.29, 1.82) is 0 Å². The Balaban J connectivity index is 1.74. The van der Waals surface area contributed by atoms with Crippen molar-refractivity contribution >= 4 is 33.3 Å². The van der Waals surface area contributed by atoms with E-state index in [9.17, 15) is 0 Å². The lowest BCUT2D eigenvalue weighted by Crippen LogP contribution is -1.89. The highest BCUT2D eigenvalue weighted by molar-refractivity contribution is 6.12. The number of anilines is 2. The summed E-state index contributed by atoms with van der Waals surface area (Å²) >= 11 is 0. The number of fused-ring (bicyclic) bond motifs is 3. The van der Waals surface area contributed by atoms with Crippen molar-refractivity contribution in [3.8, 4) is 11.1 Å². The van der Waals surface area contributed by atoms with Gasteiger partial charge < -0.3 is 9.73 Å². The van der Waals surface area contributed by atoms with Crippen molar-refractivity contribution in [2.45, 2.75) is 6.92 Å². The number of hydrogen-bond acceptors (Lipinski definition) is 2. The first-order chi connectivity index (χ1) is 13.3. The van der Waals surface area contributed by atoms with Crippen molar-refractivity contribution in [2.75, 3.05) is 5.32 Å². The van der Waals surface area contributed by atoms with Gasteiger partial charge >= 0.3 is 0 Å². The Morgan fingerprint density at radius 3 is 2.07 bits per heavy atom. The summed E-state index contributed by atoms with van der Waals surface area (Å²) in [4.78, 5) is 0. The molecule has 0 bridgehead atoms. The van der Waals surface area contributed by atoms with Crippen LogP contribution in [0.2, 0.25) is 0 Å². The third-order valence-corrected chi connectivity index (χ3v) is 5.01. The summed E-state index contributed by atoms with van der Waals surface area (Å²) in [7, 11) is 0. The summed E-state index contributed by atoms with van der Waals surface area (Å²) in [6.07, 6.45) is 0. The van der Waals surface area contributed by atoms with Crippen LogP contribution in [0.5, 0.6) is 0 Å². The van der Waals surface area contributed by atoms with E-state index >= 15 is 0 Å². The number of furan rings is 1. The van der Waals surface area contributed by atoms with Crippen LogP contribution in [0.15, 0.2) is 95.4 Å². The molecule has 5 aromatic rings. The average molecular weight is 349 g/mol. The van der Waals surface area contributed by atoms with Crippen molar-refractivity contribution in [1.82, 2.24) is 0 Å². The molecule has 5 rings (SSSR count). The Morgan fingerprint density at radius 1 is 0.593 bits per heavy atom. The highest BCUT2D eigenvalue weighted by Crippen LogP contribution is 2.39. The summed E-state index contributed by atoms with van der Waals surface area (Å²) < 4.78 is 6.43. The van der Waals surface area contributed by atoms with Gasteiger partial charge in [-0.05, 0) is 36.2 Å². The first-order valence-corrected chi connectivity index (χ1v) is 9.13. The van der Waals surface area contributed by atoms with Gasteiger partial charge in [-0.1, -0.05) is 72.8 Å². The largest absolute Gasteiger partial charge is 0.453 e. The number of nitrogens with one attached hydrogen (secondary N) is 1. The van der Waals surface area contributed by atoms with Gasteiger partial charge in [0.15, 0.2) is 5.58 Å². The maximum atomic E-state index is 6.43. The van der Waals surface area contributed by atoms with E-state index in [4.69, 9.17) is 4.42 Å². The van der Waals surface area contributed by atoms with E-state index in [1.807, 2.05) is 18.2 Å². The molecule has 0 atom stereocenters. The molecule has 2 nitrogen and oxygen atoms in total. The van der Waals surface area contributed by atoms with Crippen LogP contribution in [0.4, 0.5) is 11.4 Å². The highest BCUT2D eigenvalue weighted by Gasteiger charge is 2.15. The lowest BCUT2D eigenvalue weighted by molar-refractivity contribution is 0.671. The quantitative estimate of drug-likeness (QED) is 0.369. The smallest absolute Gasteiger partial charge is 0.158 e. The van der Waals surface area contributed by atoms with Crippen LogP contribution in [0.1, 0.15) is 5.56 Å². The Bertz CT molecular complexity index is 1250. The van der Waals surface area contributed by atoms with Crippen LogP contribution in [-0.2, 0) is 0 Å². The second kappa shape index (κ2) is 6.33. The second-order valence-corrected chi connectivity index (χ2v) is 6.77. The van der Waals surface area contributed by atoms with Gasteiger partial charge in [-0.25, -0.2) is 0 Å². The molecule has 130 valence electrons. The molecule has 1 heterocycles. The van der Waals surface area contributed by atoms with E-state index in [0.717, 1.165) is 38.9 Å². The Kier molecular flexibility index (Phi) is 3.68. The van der Waals surface area contributed by atoms with Crippen LogP contribution in [-0.4, -0.2) is 0 Å². The Morgan fingerprint density at radius 2 is 1.26 bits per heavy atom. The minimum Gasteiger partial charge on any atom is -0.453 e. The van der Waals surface area contributed by atoms with Gasteiger partial charge in [-0.15, -0.1) is 0 Å². The molecule has 0 unspecified atom stereocenters. The summed E-state index contributed by atoms with van der Waals surface area (Å²) in [6.45, 7) is 2.14. The van der Waals surface area contributed by atoms with E-state index in [2.05, 4.69) is 85.0 Å². The first kappa shape index (κ1) is 15.7. The molecular formula is C25H19NO. The van der Waals surface area contributed by atoms with E-state index < -0.39 is 0 Å². The van der Waals surface area contributed by atoms with E-state index in [1.54, 1.807) is 0 Å². The lowest BCUT2D eigenvalue weighted by atomic mass is 9.98. The fraction of sp³-hybridized carbons (Fsp3) is 0.0400. The molecule has 0 fully saturated rings. The summed E-state index contributed by atoms with van der Waals surface area (Å²) in [5.41, 5.74) is 7.43. The molecule has 27 heavy (non-hydrogen) atoms. The number of benzene rings is 4. The fourth-order valence-electron chi connectivity index (χ4n) is 3.68. The van der Waals surface area contributed by atoms with E-state index in [-0.39, 0.29) is 0 Å².